The van der Waals surface area contributed by atoms with Gasteiger partial charge in [-0.15, -0.1) is 0 Å². The first-order valence-electron chi connectivity index (χ1n) is 15.0. The summed E-state index contributed by atoms with van der Waals surface area (Å²) in [6, 6.07) is 5.46. The number of halogens is 3. The normalized spacial score (nSPS) is 27.0. The van der Waals surface area contributed by atoms with Gasteiger partial charge in [-0.25, -0.2) is 0 Å². The molecular formula is C31H42F3N5O3S. The lowest BCUT2D eigenvalue weighted by Gasteiger charge is -2.44. The van der Waals surface area contributed by atoms with Crippen LogP contribution in [0.2, 0.25) is 0 Å². The van der Waals surface area contributed by atoms with Crippen molar-refractivity contribution in [2.75, 3.05) is 38.2 Å². The van der Waals surface area contributed by atoms with Crippen LogP contribution in [-0.4, -0.2) is 88.6 Å². The number of benzene rings is 1. The minimum atomic E-state index is -4.73. The highest BCUT2D eigenvalue weighted by Gasteiger charge is 2.52. The molecule has 0 bridgehead atoms. The number of carbonyl (C=O) groups is 2. The topological polar surface area (TPSA) is 80.1 Å². The van der Waals surface area contributed by atoms with Gasteiger partial charge in [-0.3, -0.25) is 19.4 Å². The summed E-state index contributed by atoms with van der Waals surface area (Å²) in [6.45, 7) is 11.0. The SMILES string of the molecule is COC(=O)CN1[C@H](C)CN(CCCC2CCC(N3C(=S)N(c4ccc(C#N)c(C(F)(F)F)c4)C(=O)C3(C)C)CC2)C[C@@H]1C. The number of alkyl halides is 3. The van der Waals surface area contributed by atoms with E-state index in [2.05, 4.69) is 23.6 Å². The zero-order valence-corrected chi connectivity index (χ0v) is 26.4. The van der Waals surface area contributed by atoms with Crippen LogP contribution in [0.5, 0.6) is 0 Å². The second kappa shape index (κ2) is 13.1. The molecule has 1 aromatic rings. The minimum Gasteiger partial charge on any atom is -0.468 e. The Morgan fingerprint density at radius 2 is 1.77 bits per heavy atom. The Hall–Kier alpha value is -2.75. The number of nitrogens with zero attached hydrogens (tertiary/aromatic N) is 5. The summed E-state index contributed by atoms with van der Waals surface area (Å²) in [5.41, 5.74) is -2.54. The standard InChI is InChI=1S/C31H42F3N5O3S/c1-20-17-36(18-21(2)37(20)19-27(40)42-5)14-6-7-22-8-11-24(12-9-22)39-29(43)38(28(41)30(39,3)4)25-13-10-23(16-35)26(15-25)31(32,33)34/h10,13,15,20-22,24H,6-9,11-12,14,17-19H2,1-5H3/t20-,21+,22?,24?. The van der Waals surface area contributed by atoms with Gasteiger partial charge in [0.2, 0.25) is 0 Å². The van der Waals surface area contributed by atoms with Crippen LogP contribution in [0.15, 0.2) is 18.2 Å². The van der Waals surface area contributed by atoms with Crippen LogP contribution in [0.4, 0.5) is 18.9 Å². The van der Waals surface area contributed by atoms with Gasteiger partial charge in [0.1, 0.15) is 5.54 Å². The van der Waals surface area contributed by atoms with Crippen LogP contribution < -0.4 is 4.90 Å². The van der Waals surface area contributed by atoms with E-state index >= 15 is 0 Å². The minimum absolute atomic E-state index is 0.0257. The second-order valence-corrected chi connectivity index (χ2v) is 13.1. The van der Waals surface area contributed by atoms with E-state index in [9.17, 15) is 22.8 Å². The molecule has 0 unspecified atom stereocenters. The lowest BCUT2D eigenvalue weighted by Crippen LogP contribution is -2.57. The Morgan fingerprint density at radius 3 is 2.33 bits per heavy atom. The van der Waals surface area contributed by atoms with Crippen LogP contribution in [0.3, 0.4) is 0 Å². The molecule has 0 radical (unpaired) electrons. The maximum Gasteiger partial charge on any atom is 0.417 e. The number of hydrogen-bond acceptors (Lipinski definition) is 7. The number of esters is 1. The van der Waals surface area contributed by atoms with E-state index in [-0.39, 0.29) is 40.8 Å². The fourth-order valence-electron chi connectivity index (χ4n) is 7.12. The van der Waals surface area contributed by atoms with Crippen molar-refractivity contribution < 1.29 is 27.5 Å². The van der Waals surface area contributed by atoms with Gasteiger partial charge in [-0.05, 0) is 109 Å². The predicted molar refractivity (Wildman–Crippen MR) is 161 cm³/mol. The second-order valence-electron chi connectivity index (χ2n) is 12.7. The molecule has 4 rings (SSSR count). The van der Waals surface area contributed by atoms with E-state index in [1.807, 2.05) is 4.90 Å². The summed E-state index contributed by atoms with van der Waals surface area (Å²) >= 11 is 5.73. The third-order valence-corrected chi connectivity index (χ3v) is 9.78. The summed E-state index contributed by atoms with van der Waals surface area (Å²) in [5.74, 6) is 0.000946. The van der Waals surface area contributed by atoms with Crippen LogP contribution in [0, 0.1) is 17.2 Å². The van der Waals surface area contributed by atoms with Crippen molar-refractivity contribution in [1.29, 1.82) is 5.26 Å². The van der Waals surface area contributed by atoms with Crippen molar-refractivity contribution in [3.8, 4) is 6.07 Å². The van der Waals surface area contributed by atoms with E-state index in [0.717, 1.165) is 70.3 Å². The lowest BCUT2D eigenvalue weighted by molar-refractivity contribution is -0.144. The number of anilines is 1. The molecule has 43 heavy (non-hydrogen) atoms. The fourth-order valence-corrected chi connectivity index (χ4v) is 7.69. The Labute approximate surface area is 257 Å². The fraction of sp³-hybridized carbons (Fsp3) is 0.677. The molecule has 236 valence electrons. The molecule has 2 heterocycles. The highest BCUT2D eigenvalue weighted by atomic mass is 32.1. The van der Waals surface area contributed by atoms with Gasteiger partial charge >= 0.3 is 12.1 Å². The third-order valence-electron chi connectivity index (χ3n) is 9.40. The first-order valence-corrected chi connectivity index (χ1v) is 15.4. The molecule has 2 atom stereocenters. The third kappa shape index (κ3) is 6.99. The molecule has 3 aliphatic rings. The maximum atomic E-state index is 13.6. The quantitative estimate of drug-likeness (QED) is 0.290. The smallest absolute Gasteiger partial charge is 0.417 e. The molecule has 1 aliphatic carbocycles. The van der Waals surface area contributed by atoms with Crippen LogP contribution in [0.1, 0.15) is 77.3 Å². The Morgan fingerprint density at radius 1 is 1.14 bits per heavy atom. The van der Waals surface area contributed by atoms with Gasteiger partial charge < -0.3 is 14.5 Å². The monoisotopic (exact) mass is 621 g/mol. The van der Waals surface area contributed by atoms with Gasteiger partial charge in [-0.1, -0.05) is 0 Å². The van der Waals surface area contributed by atoms with E-state index in [4.69, 9.17) is 22.2 Å². The Bertz CT molecular complexity index is 1250. The number of amides is 1. The molecule has 8 nitrogen and oxygen atoms in total. The molecule has 3 fully saturated rings. The lowest BCUT2D eigenvalue weighted by atomic mass is 9.82. The molecule has 0 aromatic heterocycles. The zero-order chi connectivity index (χ0) is 31.7. The van der Waals surface area contributed by atoms with Crippen LogP contribution in [0.25, 0.3) is 0 Å². The highest BCUT2D eigenvalue weighted by Crippen LogP contribution is 2.41. The molecule has 2 saturated heterocycles. The first kappa shape index (κ1) is 33.1. The first-order chi connectivity index (χ1) is 20.2. The predicted octanol–water partition coefficient (Wildman–Crippen LogP) is 5.20. The van der Waals surface area contributed by atoms with E-state index in [1.165, 1.54) is 18.1 Å². The van der Waals surface area contributed by atoms with E-state index < -0.39 is 22.8 Å². The number of ether oxygens (including phenoxy) is 1. The summed E-state index contributed by atoms with van der Waals surface area (Å²) in [6.07, 6.45) is 1.20. The molecule has 0 N–H and O–H groups in total. The van der Waals surface area contributed by atoms with Crippen molar-refractivity contribution >= 4 is 34.9 Å². The van der Waals surface area contributed by atoms with Crippen molar-refractivity contribution in [1.82, 2.24) is 14.7 Å². The maximum absolute atomic E-state index is 13.6. The summed E-state index contributed by atoms with van der Waals surface area (Å²) in [5, 5.41) is 9.37. The molecule has 0 spiro atoms. The van der Waals surface area contributed by atoms with Crippen molar-refractivity contribution in [2.24, 2.45) is 5.92 Å². The van der Waals surface area contributed by atoms with Crippen molar-refractivity contribution in [2.45, 2.75) is 96.1 Å². The number of hydrogen-bond donors (Lipinski definition) is 0. The molecule has 1 amide bonds. The number of piperazine rings is 1. The summed E-state index contributed by atoms with van der Waals surface area (Å²) in [7, 11) is 1.42. The Balaban J connectivity index is 1.32. The van der Waals surface area contributed by atoms with Crippen molar-refractivity contribution in [3.63, 3.8) is 0 Å². The summed E-state index contributed by atoms with van der Waals surface area (Å²) in [4.78, 5) is 33.1. The average molecular weight is 622 g/mol. The molecule has 1 aromatic carbocycles. The van der Waals surface area contributed by atoms with Gasteiger partial charge in [0, 0.05) is 31.2 Å². The molecule has 12 heteroatoms. The molecule has 2 aliphatic heterocycles. The van der Waals surface area contributed by atoms with Crippen LogP contribution in [-0.2, 0) is 20.5 Å². The largest absolute Gasteiger partial charge is 0.468 e. The number of carbonyl (C=O) groups excluding carboxylic acids is 2. The van der Waals surface area contributed by atoms with Gasteiger partial charge in [-0.2, -0.15) is 18.4 Å². The number of nitriles is 1. The van der Waals surface area contributed by atoms with E-state index in [1.54, 1.807) is 19.9 Å². The van der Waals surface area contributed by atoms with E-state index in [0.29, 0.717) is 12.5 Å². The van der Waals surface area contributed by atoms with Gasteiger partial charge in [0.25, 0.3) is 5.91 Å². The number of methoxy groups -OCH3 is 1. The zero-order valence-electron chi connectivity index (χ0n) is 25.6. The Kier molecular flexibility index (Phi) is 10.1. The van der Waals surface area contributed by atoms with Gasteiger partial charge in [0.05, 0.1) is 36.5 Å². The average Bonchev–Trinajstić information content (AvgIpc) is 3.13. The molecule has 1 saturated carbocycles. The molecular weight excluding hydrogens is 579 g/mol. The van der Waals surface area contributed by atoms with Gasteiger partial charge in [0.15, 0.2) is 5.11 Å². The number of rotatable bonds is 8. The van der Waals surface area contributed by atoms with Crippen molar-refractivity contribution in [3.05, 3.63) is 29.3 Å². The van der Waals surface area contributed by atoms with Crippen LogP contribution >= 0.6 is 12.2 Å². The highest BCUT2D eigenvalue weighted by molar-refractivity contribution is 7.80. The number of thiocarbonyl (C=S) groups is 1. The summed E-state index contributed by atoms with van der Waals surface area (Å²) < 4.78 is 45.7.